The lowest BCUT2D eigenvalue weighted by atomic mass is 10.00. The minimum atomic E-state index is -0.0993. The zero-order valence-electron chi connectivity index (χ0n) is 11.6. The molecule has 1 rings (SSSR count). The summed E-state index contributed by atoms with van der Waals surface area (Å²) in [6.07, 6.45) is 0.875. The van der Waals surface area contributed by atoms with Gasteiger partial charge >= 0.3 is 0 Å². The Morgan fingerprint density at radius 1 is 1.32 bits per heavy atom. The molecule has 1 N–H and O–H groups in total. The molecule has 0 bridgehead atoms. The molecule has 1 aromatic rings. The van der Waals surface area contributed by atoms with Gasteiger partial charge in [-0.05, 0) is 24.1 Å². The van der Waals surface area contributed by atoms with Gasteiger partial charge < -0.3 is 9.84 Å². The normalized spacial score (nSPS) is 10.5. The van der Waals surface area contributed by atoms with E-state index in [1.807, 2.05) is 0 Å². The predicted molar refractivity (Wildman–Crippen MR) is 72.4 cm³/mol. The monoisotopic (exact) mass is 264 g/mol. The average Bonchev–Trinajstić information content (AvgIpc) is 2.37. The van der Waals surface area contributed by atoms with Crippen LogP contribution in [0.3, 0.4) is 0 Å². The first-order valence-corrected chi connectivity index (χ1v) is 6.34. The molecule has 0 aliphatic rings. The number of phenolic OH excluding ortho intramolecular Hbond substituents is 1. The van der Waals surface area contributed by atoms with E-state index in [4.69, 9.17) is 4.74 Å². The van der Waals surface area contributed by atoms with Crippen LogP contribution in [-0.4, -0.2) is 23.8 Å². The lowest BCUT2D eigenvalue weighted by Crippen LogP contribution is -2.13. The lowest BCUT2D eigenvalue weighted by Gasteiger charge is -2.07. The van der Waals surface area contributed by atoms with Crippen molar-refractivity contribution in [3.05, 3.63) is 23.8 Å². The number of carbonyl (C=O) groups is 2. The Morgan fingerprint density at radius 3 is 2.58 bits per heavy atom. The SMILES string of the molecule is COc1cc(CCC(=O)CC(=O)C(C)C)ccc1O. The van der Waals surface area contributed by atoms with E-state index in [1.165, 1.54) is 13.2 Å². The van der Waals surface area contributed by atoms with Gasteiger partial charge in [-0.3, -0.25) is 9.59 Å². The van der Waals surface area contributed by atoms with Crippen molar-refractivity contribution in [3.63, 3.8) is 0 Å². The van der Waals surface area contributed by atoms with Crippen LogP contribution < -0.4 is 4.74 Å². The van der Waals surface area contributed by atoms with Gasteiger partial charge in [-0.15, -0.1) is 0 Å². The van der Waals surface area contributed by atoms with Crippen LogP contribution in [0.25, 0.3) is 0 Å². The van der Waals surface area contributed by atoms with Gasteiger partial charge in [-0.2, -0.15) is 0 Å². The molecule has 104 valence electrons. The fourth-order valence-electron chi connectivity index (χ4n) is 1.65. The van der Waals surface area contributed by atoms with E-state index in [2.05, 4.69) is 0 Å². The van der Waals surface area contributed by atoms with Crippen molar-refractivity contribution in [1.82, 2.24) is 0 Å². The molecule has 0 heterocycles. The number of hydrogen-bond donors (Lipinski definition) is 1. The molecule has 0 saturated heterocycles. The Bertz CT molecular complexity index is 463. The van der Waals surface area contributed by atoms with E-state index in [0.717, 1.165) is 5.56 Å². The van der Waals surface area contributed by atoms with Crippen LogP contribution in [-0.2, 0) is 16.0 Å². The number of methoxy groups -OCH3 is 1. The van der Waals surface area contributed by atoms with Crippen LogP contribution in [0.5, 0.6) is 11.5 Å². The fourth-order valence-corrected chi connectivity index (χ4v) is 1.65. The van der Waals surface area contributed by atoms with Crippen LogP contribution in [0.4, 0.5) is 0 Å². The number of ketones is 2. The van der Waals surface area contributed by atoms with Crippen molar-refractivity contribution in [2.75, 3.05) is 7.11 Å². The highest BCUT2D eigenvalue weighted by molar-refractivity contribution is 5.99. The molecule has 1 aromatic carbocycles. The summed E-state index contributed by atoms with van der Waals surface area (Å²) >= 11 is 0. The van der Waals surface area contributed by atoms with Gasteiger partial charge in [-0.25, -0.2) is 0 Å². The second kappa shape index (κ2) is 6.92. The summed E-state index contributed by atoms with van der Waals surface area (Å²) in [4.78, 5) is 23.1. The number of rotatable bonds is 7. The maximum Gasteiger partial charge on any atom is 0.160 e. The molecule has 0 amide bonds. The molecule has 0 unspecified atom stereocenters. The van der Waals surface area contributed by atoms with Gasteiger partial charge in [-0.1, -0.05) is 19.9 Å². The first-order chi connectivity index (χ1) is 8.93. The van der Waals surface area contributed by atoms with E-state index in [0.29, 0.717) is 18.6 Å². The van der Waals surface area contributed by atoms with E-state index >= 15 is 0 Å². The van der Waals surface area contributed by atoms with E-state index in [1.54, 1.807) is 26.0 Å². The lowest BCUT2D eigenvalue weighted by molar-refractivity contribution is -0.128. The number of Topliss-reactive ketones (excluding diaryl/α,β-unsaturated/α-hetero) is 2. The second-order valence-corrected chi connectivity index (χ2v) is 4.84. The molecule has 4 nitrogen and oxygen atoms in total. The molecule has 0 atom stereocenters. The van der Waals surface area contributed by atoms with Gasteiger partial charge in [0.05, 0.1) is 13.5 Å². The standard InChI is InChI=1S/C15H20O4/c1-10(2)14(18)9-12(16)6-4-11-5-7-13(17)15(8-11)19-3/h5,7-8,10,17H,4,6,9H2,1-3H3. The number of ether oxygens (including phenoxy) is 1. The molecular formula is C15H20O4. The fraction of sp³-hybridized carbons (Fsp3) is 0.467. The van der Waals surface area contributed by atoms with Gasteiger partial charge in [0.25, 0.3) is 0 Å². The van der Waals surface area contributed by atoms with Crippen molar-refractivity contribution in [1.29, 1.82) is 0 Å². The van der Waals surface area contributed by atoms with Gasteiger partial charge in [0.15, 0.2) is 11.5 Å². The first kappa shape index (κ1) is 15.2. The number of phenols is 1. The Balaban J connectivity index is 2.53. The first-order valence-electron chi connectivity index (χ1n) is 6.34. The third kappa shape index (κ3) is 4.73. The van der Waals surface area contributed by atoms with Gasteiger partial charge in [0, 0.05) is 12.3 Å². The quantitative estimate of drug-likeness (QED) is 0.769. The highest BCUT2D eigenvalue weighted by Gasteiger charge is 2.13. The summed E-state index contributed by atoms with van der Waals surface area (Å²) < 4.78 is 5.00. The van der Waals surface area contributed by atoms with E-state index < -0.39 is 0 Å². The highest BCUT2D eigenvalue weighted by atomic mass is 16.5. The van der Waals surface area contributed by atoms with Crippen molar-refractivity contribution >= 4 is 11.6 Å². The minimum absolute atomic E-state index is 0.00683. The molecule has 4 heteroatoms. The summed E-state index contributed by atoms with van der Waals surface area (Å²) in [5, 5.41) is 9.46. The highest BCUT2D eigenvalue weighted by Crippen LogP contribution is 2.26. The maximum absolute atomic E-state index is 11.7. The van der Waals surface area contributed by atoms with E-state index in [9.17, 15) is 14.7 Å². The molecule has 0 aliphatic carbocycles. The Kier molecular flexibility index (Phi) is 5.55. The minimum Gasteiger partial charge on any atom is -0.504 e. The van der Waals surface area contributed by atoms with Crippen molar-refractivity contribution in [3.8, 4) is 11.5 Å². The van der Waals surface area contributed by atoms with Crippen molar-refractivity contribution < 1.29 is 19.4 Å². The molecule has 0 aromatic heterocycles. The van der Waals surface area contributed by atoms with E-state index in [-0.39, 0.29) is 29.7 Å². The Morgan fingerprint density at radius 2 is 2.00 bits per heavy atom. The molecule has 0 radical (unpaired) electrons. The van der Waals surface area contributed by atoms with Crippen molar-refractivity contribution in [2.24, 2.45) is 5.92 Å². The molecule has 0 saturated carbocycles. The number of aromatic hydroxyl groups is 1. The Labute approximate surface area is 113 Å². The molecule has 19 heavy (non-hydrogen) atoms. The molecular weight excluding hydrogens is 244 g/mol. The van der Waals surface area contributed by atoms with Gasteiger partial charge in [0.2, 0.25) is 0 Å². The number of carbonyl (C=O) groups excluding carboxylic acids is 2. The van der Waals surface area contributed by atoms with Gasteiger partial charge in [0.1, 0.15) is 11.6 Å². The summed E-state index contributed by atoms with van der Waals surface area (Å²) in [5.41, 5.74) is 0.903. The zero-order chi connectivity index (χ0) is 14.4. The molecule has 0 fully saturated rings. The third-order valence-corrected chi connectivity index (χ3v) is 2.95. The van der Waals surface area contributed by atoms with Crippen LogP contribution in [0.1, 0.15) is 32.3 Å². The summed E-state index contributed by atoms with van der Waals surface area (Å²) in [6, 6.07) is 4.99. The molecule has 0 aliphatic heterocycles. The third-order valence-electron chi connectivity index (χ3n) is 2.95. The van der Waals surface area contributed by atoms with Crippen LogP contribution in [0.2, 0.25) is 0 Å². The second-order valence-electron chi connectivity index (χ2n) is 4.84. The van der Waals surface area contributed by atoms with Crippen LogP contribution in [0.15, 0.2) is 18.2 Å². The zero-order valence-corrected chi connectivity index (χ0v) is 11.6. The topological polar surface area (TPSA) is 63.6 Å². The summed E-state index contributed by atoms with van der Waals surface area (Å²) in [7, 11) is 1.48. The maximum atomic E-state index is 11.7. The summed E-state index contributed by atoms with van der Waals surface area (Å²) in [5.74, 6) is 0.299. The predicted octanol–water partition coefficient (Wildman–Crippen LogP) is 2.52. The summed E-state index contributed by atoms with van der Waals surface area (Å²) in [6.45, 7) is 3.58. The van der Waals surface area contributed by atoms with Crippen molar-refractivity contribution in [2.45, 2.75) is 33.1 Å². The smallest absolute Gasteiger partial charge is 0.160 e. The van der Waals surface area contributed by atoms with Crippen LogP contribution in [0, 0.1) is 5.92 Å². The number of hydrogen-bond acceptors (Lipinski definition) is 4. The number of benzene rings is 1. The Hall–Kier alpha value is -1.84. The molecule has 0 spiro atoms. The van der Waals surface area contributed by atoms with Crippen LogP contribution >= 0.6 is 0 Å². The largest absolute Gasteiger partial charge is 0.504 e. The average molecular weight is 264 g/mol. The number of aryl methyl sites for hydroxylation is 1.